The van der Waals surface area contributed by atoms with Crippen molar-refractivity contribution in [1.82, 2.24) is 5.32 Å². The maximum atomic E-state index is 5.67. The maximum Gasteiger partial charge on any atom is 0.0510 e. The van der Waals surface area contributed by atoms with Crippen LogP contribution in [0.15, 0.2) is 30.3 Å². The van der Waals surface area contributed by atoms with E-state index in [1.807, 2.05) is 0 Å². The third-order valence-corrected chi connectivity index (χ3v) is 5.44. The van der Waals surface area contributed by atoms with Crippen LogP contribution in [0.2, 0.25) is 0 Å². The van der Waals surface area contributed by atoms with E-state index in [9.17, 15) is 0 Å². The fraction of sp³-hybridized carbons (Fsp3) is 0.667. The Morgan fingerprint density at radius 1 is 1.15 bits per heavy atom. The minimum atomic E-state index is 0.312. The minimum Gasteiger partial charge on any atom is -0.381 e. The fourth-order valence-corrected chi connectivity index (χ4v) is 4.51. The standard InChI is InChI=1S/C18H27NO/c1-19-17(15-10-13-20-14-15)18(11-6-3-7-12-18)16-8-4-2-5-9-16/h2,4-5,8-9,15,17,19H,3,6-7,10-14H2,1H3. The molecule has 2 unspecified atom stereocenters. The number of likely N-dealkylation sites (N-methyl/N-ethyl adjacent to an activating group) is 1. The molecule has 2 nitrogen and oxygen atoms in total. The minimum absolute atomic E-state index is 0.312. The Bertz CT molecular complexity index is 405. The average Bonchev–Trinajstić information content (AvgIpc) is 3.04. The van der Waals surface area contributed by atoms with Crippen LogP contribution in [0.4, 0.5) is 0 Å². The van der Waals surface area contributed by atoms with Gasteiger partial charge in [0.2, 0.25) is 0 Å². The number of hydrogen-bond donors (Lipinski definition) is 1. The highest BCUT2D eigenvalue weighted by Crippen LogP contribution is 2.45. The van der Waals surface area contributed by atoms with Crippen molar-refractivity contribution in [3.8, 4) is 0 Å². The molecular formula is C18H27NO. The lowest BCUT2D eigenvalue weighted by molar-refractivity contribution is 0.136. The third kappa shape index (κ3) is 2.51. The molecule has 3 rings (SSSR count). The molecule has 2 heteroatoms. The van der Waals surface area contributed by atoms with Crippen LogP contribution in [-0.4, -0.2) is 26.3 Å². The van der Waals surface area contributed by atoms with Crippen LogP contribution in [0.5, 0.6) is 0 Å². The molecule has 0 radical (unpaired) electrons. The smallest absolute Gasteiger partial charge is 0.0510 e. The molecule has 0 spiro atoms. The Morgan fingerprint density at radius 3 is 2.50 bits per heavy atom. The summed E-state index contributed by atoms with van der Waals surface area (Å²) in [5, 5.41) is 3.67. The van der Waals surface area contributed by atoms with E-state index < -0.39 is 0 Å². The lowest BCUT2D eigenvalue weighted by Gasteiger charge is -2.46. The first-order chi connectivity index (χ1) is 9.87. The molecule has 1 aliphatic carbocycles. The van der Waals surface area contributed by atoms with Gasteiger partial charge in [0.25, 0.3) is 0 Å². The largest absolute Gasteiger partial charge is 0.381 e. The lowest BCUT2D eigenvalue weighted by atomic mass is 9.62. The Morgan fingerprint density at radius 2 is 1.90 bits per heavy atom. The average molecular weight is 273 g/mol. The van der Waals surface area contributed by atoms with E-state index in [0.717, 1.165) is 13.2 Å². The summed E-state index contributed by atoms with van der Waals surface area (Å²) in [7, 11) is 2.14. The summed E-state index contributed by atoms with van der Waals surface area (Å²) in [4.78, 5) is 0. The lowest BCUT2D eigenvalue weighted by Crippen LogP contribution is -2.52. The van der Waals surface area contributed by atoms with E-state index in [1.54, 1.807) is 0 Å². The quantitative estimate of drug-likeness (QED) is 0.906. The Labute approximate surface area is 122 Å². The zero-order valence-corrected chi connectivity index (χ0v) is 12.6. The van der Waals surface area contributed by atoms with Gasteiger partial charge in [-0.05, 0) is 31.9 Å². The molecule has 1 N–H and O–H groups in total. The number of ether oxygens (including phenoxy) is 1. The first-order valence-corrected chi connectivity index (χ1v) is 8.17. The molecule has 2 fully saturated rings. The summed E-state index contributed by atoms with van der Waals surface area (Å²) < 4.78 is 5.67. The van der Waals surface area contributed by atoms with Crippen molar-refractivity contribution in [3.63, 3.8) is 0 Å². The molecule has 1 aliphatic heterocycles. The van der Waals surface area contributed by atoms with Crippen LogP contribution in [0.1, 0.15) is 44.1 Å². The molecule has 1 aromatic carbocycles. The van der Waals surface area contributed by atoms with Crippen molar-refractivity contribution in [3.05, 3.63) is 35.9 Å². The molecule has 1 saturated carbocycles. The van der Waals surface area contributed by atoms with Gasteiger partial charge in [-0.2, -0.15) is 0 Å². The highest BCUT2D eigenvalue weighted by molar-refractivity contribution is 5.29. The molecule has 110 valence electrons. The molecule has 1 saturated heterocycles. The normalized spacial score (nSPS) is 27.4. The molecule has 0 aromatic heterocycles. The number of nitrogens with one attached hydrogen (secondary N) is 1. The number of benzene rings is 1. The third-order valence-electron chi connectivity index (χ3n) is 5.44. The second kappa shape index (κ2) is 6.28. The molecule has 1 aromatic rings. The van der Waals surface area contributed by atoms with E-state index in [1.165, 1.54) is 44.1 Å². The van der Waals surface area contributed by atoms with Gasteiger partial charge in [-0.3, -0.25) is 0 Å². The number of rotatable bonds is 4. The first-order valence-electron chi connectivity index (χ1n) is 8.17. The first kappa shape index (κ1) is 14.1. The van der Waals surface area contributed by atoms with E-state index in [4.69, 9.17) is 4.74 Å². The Balaban J connectivity index is 1.95. The van der Waals surface area contributed by atoms with Crippen molar-refractivity contribution in [1.29, 1.82) is 0 Å². The second-order valence-corrected chi connectivity index (χ2v) is 6.47. The van der Waals surface area contributed by atoms with Crippen molar-refractivity contribution in [2.75, 3.05) is 20.3 Å². The van der Waals surface area contributed by atoms with Gasteiger partial charge in [0.05, 0.1) is 6.61 Å². The SMILES string of the molecule is CNC(C1CCOC1)C1(c2ccccc2)CCCCC1. The summed E-state index contributed by atoms with van der Waals surface area (Å²) >= 11 is 0. The summed E-state index contributed by atoms with van der Waals surface area (Å²) in [6.45, 7) is 1.87. The molecular weight excluding hydrogens is 246 g/mol. The monoisotopic (exact) mass is 273 g/mol. The Kier molecular flexibility index (Phi) is 4.42. The summed E-state index contributed by atoms with van der Waals surface area (Å²) in [6.07, 6.45) is 7.96. The summed E-state index contributed by atoms with van der Waals surface area (Å²) in [5.74, 6) is 0.665. The van der Waals surface area contributed by atoms with Crippen LogP contribution in [0.25, 0.3) is 0 Å². The highest BCUT2D eigenvalue weighted by Gasteiger charge is 2.44. The maximum absolute atomic E-state index is 5.67. The van der Waals surface area contributed by atoms with Gasteiger partial charge in [-0.1, -0.05) is 49.6 Å². The zero-order chi connectivity index (χ0) is 13.8. The van der Waals surface area contributed by atoms with Crippen LogP contribution in [0.3, 0.4) is 0 Å². The Hall–Kier alpha value is -0.860. The predicted molar refractivity (Wildman–Crippen MR) is 83.0 cm³/mol. The van der Waals surface area contributed by atoms with E-state index in [-0.39, 0.29) is 0 Å². The van der Waals surface area contributed by atoms with Gasteiger partial charge in [0, 0.05) is 24.0 Å². The van der Waals surface area contributed by atoms with Gasteiger partial charge in [-0.15, -0.1) is 0 Å². The topological polar surface area (TPSA) is 21.3 Å². The summed E-state index contributed by atoms with van der Waals surface area (Å²) in [5.41, 5.74) is 1.85. The van der Waals surface area contributed by atoms with Crippen molar-refractivity contribution in [2.24, 2.45) is 5.92 Å². The van der Waals surface area contributed by atoms with Gasteiger partial charge in [-0.25, -0.2) is 0 Å². The molecule has 2 atom stereocenters. The van der Waals surface area contributed by atoms with Gasteiger partial charge >= 0.3 is 0 Å². The van der Waals surface area contributed by atoms with E-state index in [0.29, 0.717) is 17.4 Å². The van der Waals surface area contributed by atoms with Crippen LogP contribution in [0, 0.1) is 5.92 Å². The molecule has 0 bridgehead atoms. The molecule has 1 heterocycles. The van der Waals surface area contributed by atoms with E-state index in [2.05, 4.69) is 42.7 Å². The number of hydrogen-bond acceptors (Lipinski definition) is 2. The summed E-state index contributed by atoms with van der Waals surface area (Å²) in [6, 6.07) is 11.8. The van der Waals surface area contributed by atoms with Crippen LogP contribution < -0.4 is 5.32 Å². The molecule has 2 aliphatic rings. The van der Waals surface area contributed by atoms with Crippen molar-refractivity contribution in [2.45, 2.75) is 50.0 Å². The second-order valence-electron chi connectivity index (χ2n) is 6.47. The fourth-order valence-electron chi connectivity index (χ4n) is 4.51. The molecule has 0 amide bonds. The van der Waals surface area contributed by atoms with Crippen LogP contribution in [-0.2, 0) is 10.2 Å². The van der Waals surface area contributed by atoms with Gasteiger partial charge in [0.1, 0.15) is 0 Å². The van der Waals surface area contributed by atoms with Gasteiger partial charge < -0.3 is 10.1 Å². The zero-order valence-electron chi connectivity index (χ0n) is 12.6. The van der Waals surface area contributed by atoms with Gasteiger partial charge in [0.15, 0.2) is 0 Å². The van der Waals surface area contributed by atoms with Crippen molar-refractivity contribution < 1.29 is 4.74 Å². The van der Waals surface area contributed by atoms with Crippen LogP contribution >= 0.6 is 0 Å². The highest BCUT2D eigenvalue weighted by atomic mass is 16.5. The van der Waals surface area contributed by atoms with E-state index >= 15 is 0 Å². The van der Waals surface area contributed by atoms with Crippen molar-refractivity contribution >= 4 is 0 Å². The predicted octanol–water partition coefficient (Wildman–Crippen LogP) is 3.51. The molecule has 20 heavy (non-hydrogen) atoms.